The maximum absolute atomic E-state index is 14.2. The highest BCUT2D eigenvalue weighted by molar-refractivity contribution is 7.98. The Morgan fingerprint density at radius 1 is 0.776 bits per heavy atom. The van der Waals surface area contributed by atoms with Crippen LogP contribution < -0.4 is 54.0 Å². The van der Waals surface area contributed by atoms with Crippen LogP contribution in [0.2, 0.25) is 0 Å². The van der Waals surface area contributed by atoms with Crippen molar-refractivity contribution in [3.63, 3.8) is 0 Å². The molecule has 1 aromatic heterocycles. The summed E-state index contributed by atoms with van der Waals surface area (Å²) in [7, 11) is 0. The molecule has 2 heterocycles. The predicted molar refractivity (Wildman–Crippen MR) is 275 cm³/mol. The second kappa shape index (κ2) is 31.0. The fourth-order valence-corrected chi connectivity index (χ4v) is 8.56. The van der Waals surface area contributed by atoms with Gasteiger partial charge in [0, 0.05) is 42.4 Å². The van der Waals surface area contributed by atoms with Crippen molar-refractivity contribution in [3.8, 4) is 0 Å². The molecule has 10 atom stereocenters. The number of H-pyrrole nitrogens is 1. The van der Waals surface area contributed by atoms with Crippen LogP contribution in [0.15, 0.2) is 30.5 Å². The van der Waals surface area contributed by atoms with Gasteiger partial charge in [-0.1, -0.05) is 18.2 Å². The summed E-state index contributed by atoms with van der Waals surface area (Å²) in [6.07, 6.45) is -0.378. The number of rotatable bonds is 32. The van der Waals surface area contributed by atoms with Gasteiger partial charge in [0.1, 0.15) is 48.3 Å². The summed E-state index contributed by atoms with van der Waals surface area (Å²) in [4.78, 5) is 149. The molecule has 0 aliphatic carbocycles. The Kier molecular flexibility index (Phi) is 25.7. The number of hydrogen-bond acceptors (Lipinski definition) is 17. The van der Waals surface area contributed by atoms with E-state index in [0.717, 1.165) is 11.8 Å². The van der Waals surface area contributed by atoms with Crippen LogP contribution in [0, 0.1) is 5.41 Å². The smallest absolute Gasteiger partial charge is 0.326 e. The number of thioether (sulfide) groups is 1. The second-order valence-electron chi connectivity index (χ2n) is 17.6. The molecular weight excluding hydrogens is 1040 g/mol. The van der Waals surface area contributed by atoms with Gasteiger partial charge in [-0.05, 0) is 62.7 Å². The molecule has 0 bridgehead atoms. The molecule has 0 unspecified atom stereocenters. The summed E-state index contributed by atoms with van der Waals surface area (Å²) < 4.78 is 0. The molecule has 0 spiro atoms. The average Bonchev–Trinajstić information content (AvgIpc) is 4.03. The molecule has 1 aliphatic rings. The number of aromatic nitrogens is 1. The summed E-state index contributed by atoms with van der Waals surface area (Å²) in [5.41, 5.74) is 12.1. The van der Waals surface area contributed by atoms with Crippen LogP contribution in [0.4, 0.5) is 0 Å². The van der Waals surface area contributed by atoms with Crippen molar-refractivity contribution in [3.05, 3.63) is 36.0 Å². The number of hydrogen-bond donors (Lipinski definition) is 18. The summed E-state index contributed by atoms with van der Waals surface area (Å²) in [5.74, 6) is -13.3. The highest BCUT2D eigenvalue weighted by Crippen LogP contribution is 2.21. The van der Waals surface area contributed by atoms with Crippen molar-refractivity contribution in [1.82, 2.24) is 52.4 Å². The van der Waals surface area contributed by atoms with Gasteiger partial charge >= 0.3 is 17.9 Å². The van der Waals surface area contributed by atoms with E-state index >= 15 is 0 Å². The molecule has 2 aromatic rings. The largest absolute Gasteiger partial charge is 0.481 e. The number of nitrogens with one attached hydrogen (secondary N) is 10. The lowest BCUT2D eigenvalue weighted by atomic mass is 10.0. The minimum Gasteiger partial charge on any atom is -0.481 e. The molecule has 3 rings (SSSR count). The van der Waals surface area contributed by atoms with E-state index in [0.29, 0.717) is 22.9 Å². The number of nitrogens with zero attached hydrogens (tertiary/aromatic N) is 1. The Bertz CT molecular complexity index is 2430. The number of nitrogens with two attached hydrogens (primary N) is 2. The lowest BCUT2D eigenvalue weighted by Crippen LogP contribution is -2.62. The van der Waals surface area contributed by atoms with Crippen LogP contribution in [-0.2, 0) is 59.2 Å². The van der Waals surface area contributed by atoms with E-state index in [9.17, 15) is 73.2 Å². The number of para-hydroxylation sites is 1. The number of aliphatic hydroxyl groups excluding tert-OH is 2. The molecule has 0 saturated carbocycles. The minimum atomic E-state index is -1.98. The molecule has 19 N–H and O–H groups in total. The van der Waals surface area contributed by atoms with Crippen molar-refractivity contribution in [1.29, 1.82) is 5.41 Å². The zero-order valence-electron chi connectivity index (χ0n) is 41.5. The third-order valence-electron chi connectivity index (χ3n) is 11.8. The first-order valence-corrected chi connectivity index (χ1v) is 25.8. The van der Waals surface area contributed by atoms with Crippen LogP contribution >= 0.6 is 24.4 Å². The number of benzene rings is 1. The number of amides is 8. The number of aliphatic carboxylic acids is 3. The van der Waals surface area contributed by atoms with E-state index in [1.807, 2.05) is 0 Å². The SMILES string of the molecule is CSCC[C@H](NC(=O)[C@H](CS)NC(=O)[C@@H](N)CC(=O)O)C(=O)N[C@@H](CCCNC(=N)N)C(=O)N[C@@H](CC(=O)O)C(=O)N[C@@H](Cc1c[nH]c2ccccc12)C(=O)N[C@@H](CO)C(=O)N[C@H](C(=O)N1CCC[C@H]1C(=O)O)[C@@H](C)O. The first-order valence-electron chi connectivity index (χ1n) is 23.8. The zero-order valence-corrected chi connectivity index (χ0v) is 43.2. The van der Waals surface area contributed by atoms with E-state index < -0.39 is 151 Å². The molecule has 76 heavy (non-hydrogen) atoms. The van der Waals surface area contributed by atoms with Crippen molar-refractivity contribution in [2.75, 3.05) is 37.5 Å². The topological polar surface area (TPSA) is 480 Å². The number of fused-ring (bicyclic) bond motifs is 1. The third-order valence-corrected chi connectivity index (χ3v) is 12.8. The van der Waals surface area contributed by atoms with Crippen LogP contribution in [0.5, 0.6) is 0 Å². The van der Waals surface area contributed by atoms with Crippen LogP contribution in [-0.4, -0.2) is 204 Å². The fraction of sp³-hybridized carbons (Fsp3) is 0.556. The van der Waals surface area contributed by atoms with Gasteiger partial charge in [-0.2, -0.15) is 24.4 Å². The summed E-state index contributed by atoms with van der Waals surface area (Å²) in [5, 5.41) is 76.5. The van der Waals surface area contributed by atoms with Gasteiger partial charge < -0.3 is 89.4 Å². The number of aromatic amines is 1. The number of carboxylic acid groups (broad SMARTS) is 3. The number of carboxylic acids is 3. The Morgan fingerprint density at radius 2 is 1.32 bits per heavy atom. The molecule has 1 saturated heterocycles. The Balaban J connectivity index is 1.93. The highest BCUT2D eigenvalue weighted by Gasteiger charge is 2.41. The average molecular weight is 1110 g/mol. The summed E-state index contributed by atoms with van der Waals surface area (Å²) in [6.45, 7) is 0.0595. The Morgan fingerprint density at radius 3 is 1.89 bits per heavy atom. The van der Waals surface area contributed by atoms with Crippen LogP contribution in [0.25, 0.3) is 10.9 Å². The fourth-order valence-electron chi connectivity index (χ4n) is 7.83. The molecule has 420 valence electrons. The Labute approximate surface area is 444 Å². The molecule has 1 aliphatic heterocycles. The van der Waals surface area contributed by atoms with Gasteiger partial charge in [0.2, 0.25) is 47.3 Å². The molecule has 8 amide bonds. The van der Waals surface area contributed by atoms with E-state index in [1.165, 1.54) is 18.0 Å². The molecule has 1 fully saturated rings. The molecule has 1 aromatic carbocycles. The monoisotopic (exact) mass is 1110 g/mol. The number of aliphatic hydroxyl groups is 2. The molecule has 31 heteroatoms. The zero-order chi connectivity index (χ0) is 56.8. The number of thiol groups is 1. The van der Waals surface area contributed by atoms with E-state index in [4.69, 9.17) is 22.0 Å². The van der Waals surface area contributed by atoms with Gasteiger partial charge in [-0.15, -0.1) is 0 Å². The molecule has 29 nitrogen and oxygen atoms in total. The van der Waals surface area contributed by atoms with Crippen molar-refractivity contribution in [2.24, 2.45) is 11.5 Å². The van der Waals surface area contributed by atoms with Crippen molar-refractivity contribution < 1.29 is 78.3 Å². The van der Waals surface area contributed by atoms with E-state index in [-0.39, 0.29) is 56.7 Å². The van der Waals surface area contributed by atoms with Crippen LogP contribution in [0.1, 0.15) is 57.4 Å². The lowest BCUT2D eigenvalue weighted by Gasteiger charge is -2.30. The van der Waals surface area contributed by atoms with Gasteiger partial charge in [0.05, 0.1) is 31.6 Å². The number of carbonyl (C=O) groups is 11. The molecule has 0 radical (unpaired) electrons. The quantitative estimate of drug-likeness (QED) is 0.0141. The van der Waals surface area contributed by atoms with Crippen LogP contribution in [0.3, 0.4) is 0 Å². The highest BCUT2D eigenvalue weighted by atomic mass is 32.2. The van der Waals surface area contributed by atoms with Gasteiger partial charge in [-0.25, -0.2) is 4.79 Å². The number of carbonyl (C=O) groups excluding carboxylic acids is 8. The normalized spacial score (nSPS) is 16.7. The van der Waals surface area contributed by atoms with E-state index in [1.54, 1.807) is 30.5 Å². The van der Waals surface area contributed by atoms with Crippen molar-refractivity contribution in [2.45, 2.75) is 119 Å². The number of guanidine groups is 1. The predicted octanol–water partition coefficient (Wildman–Crippen LogP) is -5.22. The third kappa shape index (κ3) is 19.5. The number of likely N-dealkylation sites (tertiary alicyclic amines) is 1. The standard InChI is InChI=1S/C45H67N13O16S2/c1-21(60)35(43(72)58-13-6-10-32(58)44(73)74)57-41(70)30(19-59)55-39(68)28(15-22-18-50-25-8-4-3-7-23(22)25)53-40(69)29(17-34(63)64)54-37(66)26(9-5-12-49-45(47)48)51-38(67)27(11-14-76-2)52-42(71)31(20-75)56-36(65)24(46)16-33(61)62/h3-4,7-8,18,21,24,26-32,35,50,59-60,75H,5-6,9-17,19-20,46H2,1-2H3,(H,51,67)(H,52,71)(H,53,69)(H,54,66)(H,55,68)(H,56,65)(H,57,70)(H,61,62)(H,63,64)(H,73,74)(H4,47,48,49)/t21-,24+,26+,27+,28+,29+,30+,31+,32+,35+/m1/s1. The van der Waals surface area contributed by atoms with Gasteiger partial charge in [-0.3, -0.25) is 53.4 Å². The maximum Gasteiger partial charge on any atom is 0.326 e. The van der Waals surface area contributed by atoms with Gasteiger partial charge in [0.25, 0.3) is 0 Å². The first kappa shape index (κ1) is 63.1. The second-order valence-corrected chi connectivity index (χ2v) is 19.0. The maximum atomic E-state index is 14.2. The minimum absolute atomic E-state index is 0.00882. The van der Waals surface area contributed by atoms with Gasteiger partial charge in [0.15, 0.2) is 5.96 Å². The summed E-state index contributed by atoms with van der Waals surface area (Å²) in [6, 6.07) is -7.60. The summed E-state index contributed by atoms with van der Waals surface area (Å²) >= 11 is 5.37. The van der Waals surface area contributed by atoms with Crippen molar-refractivity contribution >= 4 is 106 Å². The lowest BCUT2D eigenvalue weighted by molar-refractivity contribution is -0.151. The van der Waals surface area contributed by atoms with E-state index in [2.05, 4.69) is 60.1 Å². The first-order chi connectivity index (χ1) is 35.9. The molecular formula is C45H67N13O16S2. The Hall–Kier alpha value is -7.22.